The number of carbonyl (C=O) groups is 2. The zero-order chi connectivity index (χ0) is 9.84. The quantitative estimate of drug-likeness (QED) is 0.261. The molecule has 0 saturated carbocycles. The molecule has 0 radical (unpaired) electrons. The molecule has 1 aromatic rings. The van der Waals surface area contributed by atoms with E-state index in [9.17, 15) is 9.59 Å². The maximum Gasteiger partial charge on any atom is 0.228 e. The van der Waals surface area contributed by atoms with Crippen LogP contribution < -0.4 is 0 Å². The highest BCUT2D eigenvalue weighted by molar-refractivity contribution is 7.13. The van der Waals surface area contributed by atoms with E-state index in [4.69, 9.17) is 5.21 Å². The number of thiophene rings is 1. The number of nitrogens with zero attached hydrogens (tertiary/aromatic N) is 1. The Bertz CT molecular complexity index is 353. The Balaban J connectivity index is 2.97. The van der Waals surface area contributed by atoms with Crippen molar-refractivity contribution in [1.82, 2.24) is 0 Å². The lowest BCUT2D eigenvalue weighted by atomic mass is 10.1. The van der Waals surface area contributed by atoms with E-state index in [2.05, 4.69) is 5.16 Å². The Morgan fingerprint density at radius 3 is 2.62 bits per heavy atom. The van der Waals surface area contributed by atoms with Crippen LogP contribution in [0.3, 0.4) is 0 Å². The monoisotopic (exact) mass is 197 g/mol. The summed E-state index contributed by atoms with van der Waals surface area (Å²) in [5.41, 5.74) is -0.428. The van der Waals surface area contributed by atoms with Crippen molar-refractivity contribution in [2.45, 2.75) is 6.92 Å². The van der Waals surface area contributed by atoms with E-state index in [1.165, 1.54) is 18.3 Å². The molecule has 0 spiro atoms. The fourth-order valence-corrected chi connectivity index (χ4v) is 1.46. The molecule has 0 aliphatic carbocycles. The first-order chi connectivity index (χ1) is 6.16. The molecule has 0 aromatic carbocycles. The van der Waals surface area contributed by atoms with Gasteiger partial charge in [0.2, 0.25) is 5.78 Å². The molecule has 4 nitrogen and oxygen atoms in total. The van der Waals surface area contributed by atoms with Gasteiger partial charge in [0.1, 0.15) is 0 Å². The Kier molecular flexibility index (Phi) is 2.92. The maximum atomic E-state index is 11.4. The second kappa shape index (κ2) is 3.95. The average Bonchev–Trinajstić information content (AvgIpc) is 2.56. The van der Waals surface area contributed by atoms with Gasteiger partial charge in [-0.15, -0.1) is 11.3 Å². The Morgan fingerprint density at radius 2 is 2.23 bits per heavy atom. The molecule has 0 fully saturated rings. The number of hydrogen-bond acceptors (Lipinski definition) is 5. The van der Waals surface area contributed by atoms with E-state index in [1.54, 1.807) is 17.5 Å². The number of carbonyl (C=O) groups excluding carboxylic acids is 2. The van der Waals surface area contributed by atoms with E-state index >= 15 is 0 Å². The Labute approximate surface area is 78.5 Å². The van der Waals surface area contributed by atoms with E-state index < -0.39 is 17.3 Å². The van der Waals surface area contributed by atoms with E-state index in [0.717, 1.165) is 0 Å². The van der Waals surface area contributed by atoms with E-state index in [0.29, 0.717) is 4.88 Å². The van der Waals surface area contributed by atoms with Gasteiger partial charge in [0, 0.05) is 6.92 Å². The highest BCUT2D eigenvalue weighted by atomic mass is 32.1. The van der Waals surface area contributed by atoms with Crippen molar-refractivity contribution in [3.63, 3.8) is 0 Å². The summed E-state index contributed by atoms with van der Waals surface area (Å²) in [6, 6.07) is 3.26. The molecule has 1 heterocycles. The SMILES string of the molecule is CC(=O)C(=NO)C(=O)c1cccs1. The molecule has 1 aromatic heterocycles. The van der Waals surface area contributed by atoms with Crippen molar-refractivity contribution in [3.05, 3.63) is 22.4 Å². The van der Waals surface area contributed by atoms with Gasteiger partial charge in [0.05, 0.1) is 4.88 Å². The first kappa shape index (κ1) is 9.60. The van der Waals surface area contributed by atoms with Crippen LogP contribution in [0.5, 0.6) is 0 Å². The fourth-order valence-electron chi connectivity index (χ4n) is 0.800. The topological polar surface area (TPSA) is 66.7 Å². The molecule has 0 saturated heterocycles. The Morgan fingerprint density at radius 1 is 1.54 bits per heavy atom. The lowest BCUT2D eigenvalue weighted by Crippen LogP contribution is -2.21. The number of oxime groups is 1. The third-order valence-electron chi connectivity index (χ3n) is 1.39. The summed E-state index contributed by atoms with van der Waals surface area (Å²) < 4.78 is 0. The van der Waals surface area contributed by atoms with Gasteiger partial charge in [-0.3, -0.25) is 9.59 Å². The van der Waals surface area contributed by atoms with Crippen molar-refractivity contribution in [1.29, 1.82) is 0 Å². The number of rotatable bonds is 3. The summed E-state index contributed by atoms with van der Waals surface area (Å²) in [6.45, 7) is 1.18. The molecule has 0 amide bonds. The lowest BCUT2D eigenvalue weighted by Gasteiger charge is -1.94. The highest BCUT2D eigenvalue weighted by Gasteiger charge is 2.19. The van der Waals surface area contributed by atoms with Crippen LogP contribution in [0.4, 0.5) is 0 Å². The second-order valence-corrected chi connectivity index (χ2v) is 3.26. The first-order valence-electron chi connectivity index (χ1n) is 3.48. The van der Waals surface area contributed by atoms with Crippen molar-refractivity contribution in [2.75, 3.05) is 0 Å². The van der Waals surface area contributed by atoms with Crippen molar-refractivity contribution in [2.24, 2.45) is 5.16 Å². The normalized spacial score (nSPS) is 11.3. The van der Waals surface area contributed by atoms with Crippen molar-refractivity contribution in [3.8, 4) is 0 Å². The zero-order valence-electron chi connectivity index (χ0n) is 6.85. The van der Waals surface area contributed by atoms with Gasteiger partial charge in [-0.2, -0.15) is 0 Å². The van der Waals surface area contributed by atoms with E-state index in [-0.39, 0.29) is 0 Å². The highest BCUT2D eigenvalue weighted by Crippen LogP contribution is 2.10. The molecule has 0 aliphatic rings. The molecular formula is C8H7NO3S. The average molecular weight is 197 g/mol. The van der Waals surface area contributed by atoms with Gasteiger partial charge < -0.3 is 5.21 Å². The summed E-state index contributed by atoms with van der Waals surface area (Å²) in [5, 5.41) is 12.8. The minimum Gasteiger partial charge on any atom is -0.410 e. The minimum atomic E-state index is -0.541. The molecular weight excluding hydrogens is 190 g/mol. The van der Waals surface area contributed by atoms with Crippen LogP contribution >= 0.6 is 11.3 Å². The Hall–Kier alpha value is -1.49. The van der Waals surface area contributed by atoms with Crippen LogP contribution in [-0.2, 0) is 4.79 Å². The molecule has 0 bridgehead atoms. The van der Waals surface area contributed by atoms with Gasteiger partial charge in [-0.1, -0.05) is 11.2 Å². The molecule has 0 aliphatic heterocycles. The minimum absolute atomic E-state index is 0.392. The molecule has 68 valence electrons. The van der Waals surface area contributed by atoms with Crippen molar-refractivity contribution >= 4 is 28.6 Å². The van der Waals surface area contributed by atoms with Gasteiger partial charge in [0.25, 0.3) is 0 Å². The molecule has 0 atom stereocenters. The summed E-state index contributed by atoms with van der Waals surface area (Å²) in [4.78, 5) is 22.6. The molecule has 13 heavy (non-hydrogen) atoms. The van der Waals surface area contributed by atoms with Crippen LogP contribution in [0.1, 0.15) is 16.6 Å². The molecule has 1 N–H and O–H groups in total. The van der Waals surface area contributed by atoms with Crippen LogP contribution in [0.15, 0.2) is 22.7 Å². The van der Waals surface area contributed by atoms with E-state index in [1.807, 2.05) is 0 Å². The predicted molar refractivity (Wildman–Crippen MR) is 48.6 cm³/mol. The van der Waals surface area contributed by atoms with Crippen LogP contribution in [0, 0.1) is 0 Å². The third-order valence-corrected chi connectivity index (χ3v) is 2.26. The second-order valence-electron chi connectivity index (χ2n) is 2.31. The summed E-state index contributed by atoms with van der Waals surface area (Å²) >= 11 is 1.20. The largest absolute Gasteiger partial charge is 0.410 e. The van der Waals surface area contributed by atoms with Gasteiger partial charge in [0.15, 0.2) is 11.5 Å². The number of Topliss-reactive ketones (excluding diaryl/α,β-unsaturated/α-hetero) is 2. The molecule has 5 heteroatoms. The number of hydrogen-bond donors (Lipinski definition) is 1. The third kappa shape index (κ3) is 2.00. The lowest BCUT2D eigenvalue weighted by molar-refractivity contribution is -0.111. The first-order valence-corrected chi connectivity index (χ1v) is 4.36. The maximum absolute atomic E-state index is 11.4. The summed E-state index contributed by atoms with van der Waals surface area (Å²) in [7, 11) is 0. The van der Waals surface area contributed by atoms with Gasteiger partial charge >= 0.3 is 0 Å². The van der Waals surface area contributed by atoms with Crippen LogP contribution in [-0.4, -0.2) is 22.5 Å². The summed E-state index contributed by atoms with van der Waals surface area (Å²) in [6.07, 6.45) is 0. The standard InChI is InChI=1S/C8H7NO3S/c1-5(10)7(9-12)8(11)6-3-2-4-13-6/h2-4,12H,1H3. The van der Waals surface area contributed by atoms with Crippen LogP contribution in [0.25, 0.3) is 0 Å². The van der Waals surface area contributed by atoms with Crippen molar-refractivity contribution < 1.29 is 14.8 Å². The molecule has 1 rings (SSSR count). The zero-order valence-corrected chi connectivity index (χ0v) is 7.67. The summed E-state index contributed by atoms with van der Waals surface area (Å²) in [5.74, 6) is -1.08. The predicted octanol–water partition coefficient (Wildman–Crippen LogP) is 1.35. The van der Waals surface area contributed by atoms with Gasteiger partial charge in [-0.05, 0) is 11.4 Å². The smallest absolute Gasteiger partial charge is 0.228 e. The fraction of sp³-hybridized carbons (Fsp3) is 0.125. The van der Waals surface area contributed by atoms with Gasteiger partial charge in [-0.25, -0.2) is 0 Å². The van der Waals surface area contributed by atoms with Crippen LogP contribution in [0.2, 0.25) is 0 Å². The number of ketones is 2. The molecule has 0 unspecified atom stereocenters.